The van der Waals surface area contributed by atoms with Gasteiger partial charge in [-0.2, -0.15) is 0 Å². The third-order valence-corrected chi connectivity index (χ3v) is 5.99. The maximum Gasteiger partial charge on any atom is 0.337 e. The molecule has 0 bridgehead atoms. The summed E-state index contributed by atoms with van der Waals surface area (Å²) in [5.74, 6) is -1.07. The Labute approximate surface area is 181 Å². The van der Waals surface area contributed by atoms with Crippen molar-refractivity contribution in [2.24, 2.45) is 0 Å². The molecule has 3 aromatic rings. The maximum atomic E-state index is 12.9. The van der Waals surface area contributed by atoms with E-state index < -0.39 is 21.9 Å². The first-order valence-electron chi connectivity index (χ1n) is 9.48. The van der Waals surface area contributed by atoms with Crippen LogP contribution in [0.2, 0.25) is 0 Å². The van der Waals surface area contributed by atoms with E-state index in [1.54, 1.807) is 12.1 Å². The lowest BCUT2D eigenvalue weighted by Crippen LogP contribution is -2.28. The molecular weight excluding hydrogens is 416 g/mol. The van der Waals surface area contributed by atoms with E-state index >= 15 is 0 Å². The predicted molar refractivity (Wildman–Crippen MR) is 117 cm³/mol. The molecule has 3 aromatic carbocycles. The second-order valence-electron chi connectivity index (χ2n) is 6.78. The van der Waals surface area contributed by atoms with Crippen LogP contribution in [-0.2, 0) is 14.8 Å². The zero-order valence-corrected chi connectivity index (χ0v) is 17.8. The number of hydrogen-bond acceptors (Lipinski definition) is 5. The monoisotopic (exact) mass is 438 g/mol. The van der Waals surface area contributed by atoms with Gasteiger partial charge in [0.2, 0.25) is 0 Å². The first-order valence-corrected chi connectivity index (χ1v) is 11.0. The number of anilines is 1. The third-order valence-electron chi connectivity index (χ3n) is 4.63. The molecule has 0 heterocycles. The van der Waals surface area contributed by atoms with Gasteiger partial charge in [0.15, 0.2) is 0 Å². The topological polar surface area (TPSA) is 102 Å². The van der Waals surface area contributed by atoms with Gasteiger partial charge in [-0.25, -0.2) is 13.2 Å². The molecule has 7 nitrogen and oxygen atoms in total. The minimum absolute atomic E-state index is 0.105. The zero-order chi connectivity index (χ0) is 22.4. The van der Waals surface area contributed by atoms with Crippen molar-refractivity contribution in [1.82, 2.24) is 5.32 Å². The Balaban J connectivity index is 1.85. The second kappa shape index (κ2) is 9.44. The van der Waals surface area contributed by atoms with Gasteiger partial charge in [-0.05, 0) is 42.8 Å². The van der Waals surface area contributed by atoms with Gasteiger partial charge in [-0.1, -0.05) is 48.5 Å². The SMILES string of the molecule is COC(=O)c1cccc(S(=O)(=O)Nc2ccccc2C(=O)NC(C)c2ccccc2)c1. The number of ether oxygens (including phenoxy) is 1. The fourth-order valence-corrected chi connectivity index (χ4v) is 4.11. The van der Waals surface area contributed by atoms with Gasteiger partial charge >= 0.3 is 5.97 Å². The summed E-state index contributed by atoms with van der Waals surface area (Å²) in [5.41, 5.74) is 1.34. The third kappa shape index (κ3) is 5.29. The number of nitrogens with one attached hydrogen (secondary N) is 2. The average Bonchev–Trinajstić information content (AvgIpc) is 2.79. The molecule has 0 aromatic heterocycles. The first kappa shape index (κ1) is 22.0. The lowest BCUT2D eigenvalue weighted by atomic mass is 10.1. The number of amides is 1. The zero-order valence-electron chi connectivity index (χ0n) is 17.0. The van der Waals surface area contributed by atoms with Crippen molar-refractivity contribution < 1.29 is 22.7 Å². The minimum atomic E-state index is -4.05. The van der Waals surface area contributed by atoms with Gasteiger partial charge in [0, 0.05) is 0 Å². The molecule has 0 radical (unpaired) electrons. The van der Waals surface area contributed by atoms with Crippen LogP contribution in [0, 0.1) is 0 Å². The molecule has 0 spiro atoms. The molecule has 31 heavy (non-hydrogen) atoms. The number of rotatable bonds is 7. The fraction of sp³-hybridized carbons (Fsp3) is 0.130. The van der Waals surface area contributed by atoms with Crippen molar-refractivity contribution in [3.8, 4) is 0 Å². The molecule has 3 rings (SSSR count). The van der Waals surface area contributed by atoms with E-state index in [2.05, 4.69) is 14.8 Å². The highest BCUT2D eigenvalue weighted by Gasteiger charge is 2.21. The molecule has 0 aliphatic heterocycles. The first-order chi connectivity index (χ1) is 14.8. The molecule has 160 valence electrons. The standard InChI is InChI=1S/C23H22N2O5S/c1-16(17-9-4-3-5-10-17)24-22(26)20-13-6-7-14-21(20)25-31(28,29)19-12-8-11-18(15-19)23(27)30-2/h3-16,25H,1-2H3,(H,24,26). The summed E-state index contributed by atoms with van der Waals surface area (Å²) in [6, 6.07) is 21.0. The van der Waals surface area contributed by atoms with Gasteiger partial charge in [0.05, 0.1) is 34.9 Å². The second-order valence-corrected chi connectivity index (χ2v) is 8.46. The van der Waals surface area contributed by atoms with Gasteiger partial charge in [0.1, 0.15) is 0 Å². The van der Waals surface area contributed by atoms with E-state index in [1.807, 2.05) is 37.3 Å². The van der Waals surface area contributed by atoms with Crippen LogP contribution in [0.5, 0.6) is 0 Å². The average molecular weight is 439 g/mol. The van der Waals surface area contributed by atoms with Crippen molar-refractivity contribution in [2.45, 2.75) is 17.9 Å². The summed E-state index contributed by atoms with van der Waals surface area (Å²) in [7, 11) is -2.84. The van der Waals surface area contributed by atoms with E-state index in [0.29, 0.717) is 0 Å². The molecule has 2 N–H and O–H groups in total. The number of esters is 1. The van der Waals surface area contributed by atoms with Crippen molar-refractivity contribution in [3.05, 3.63) is 95.6 Å². The van der Waals surface area contributed by atoms with Gasteiger partial charge in [-0.3, -0.25) is 9.52 Å². The van der Waals surface area contributed by atoms with Crippen LogP contribution >= 0.6 is 0 Å². The molecular formula is C23H22N2O5S. The Bertz CT molecular complexity index is 1190. The number of benzene rings is 3. The number of sulfonamides is 1. The van der Waals surface area contributed by atoms with E-state index in [0.717, 1.165) is 5.56 Å². The smallest absolute Gasteiger partial charge is 0.337 e. The van der Waals surface area contributed by atoms with Gasteiger partial charge < -0.3 is 10.1 Å². The van der Waals surface area contributed by atoms with Crippen LogP contribution in [-0.4, -0.2) is 27.4 Å². The Morgan fingerprint density at radius 3 is 2.29 bits per heavy atom. The number of hydrogen-bond donors (Lipinski definition) is 2. The van der Waals surface area contributed by atoms with E-state index in [1.165, 1.54) is 43.5 Å². The normalized spacial score (nSPS) is 11.9. The molecule has 1 atom stereocenters. The highest BCUT2D eigenvalue weighted by Crippen LogP contribution is 2.22. The van der Waals surface area contributed by atoms with Crippen LogP contribution in [0.1, 0.15) is 39.2 Å². The highest BCUT2D eigenvalue weighted by atomic mass is 32.2. The molecule has 1 unspecified atom stereocenters. The van der Waals surface area contributed by atoms with E-state index in [-0.39, 0.29) is 27.8 Å². The van der Waals surface area contributed by atoms with Crippen LogP contribution in [0.15, 0.2) is 83.8 Å². The predicted octanol–water partition coefficient (Wildman–Crippen LogP) is 3.77. The number of carbonyl (C=O) groups is 2. The molecule has 1 amide bonds. The minimum Gasteiger partial charge on any atom is -0.465 e. The van der Waals surface area contributed by atoms with E-state index in [9.17, 15) is 18.0 Å². The number of methoxy groups -OCH3 is 1. The summed E-state index contributed by atoms with van der Waals surface area (Å²) < 4.78 is 32.9. The number of para-hydroxylation sites is 1. The molecule has 0 aliphatic rings. The van der Waals surface area contributed by atoms with Crippen molar-refractivity contribution in [1.29, 1.82) is 0 Å². The highest BCUT2D eigenvalue weighted by molar-refractivity contribution is 7.92. The lowest BCUT2D eigenvalue weighted by Gasteiger charge is -2.17. The molecule has 0 fully saturated rings. The van der Waals surface area contributed by atoms with Crippen molar-refractivity contribution in [2.75, 3.05) is 11.8 Å². The van der Waals surface area contributed by atoms with Crippen LogP contribution in [0.3, 0.4) is 0 Å². The Hall–Kier alpha value is -3.65. The maximum absolute atomic E-state index is 12.9. The van der Waals surface area contributed by atoms with E-state index in [4.69, 9.17) is 0 Å². The largest absolute Gasteiger partial charge is 0.465 e. The summed E-state index contributed by atoms with van der Waals surface area (Å²) in [5, 5.41) is 2.88. The molecule has 0 saturated carbocycles. The fourth-order valence-electron chi connectivity index (χ4n) is 2.98. The van der Waals surface area contributed by atoms with Gasteiger partial charge in [0.25, 0.3) is 15.9 Å². The molecule has 0 aliphatic carbocycles. The van der Waals surface area contributed by atoms with Gasteiger partial charge in [-0.15, -0.1) is 0 Å². The summed E-state index contributed by atoms with van der Waals surface area (Å²) in [6.45, 7) is 1.85. The quantitative estimate of drug-likeness (QED) is 0.547. The summed E-state index contributed by atoms with van der Waals surface area (Å²) >= 11 is 0. The Morgan fingerprint density at radius 2 is 1.58 bits per heavy atom. The Kier molecular flexibility index (Phi) is 6.71. The molecule has 8 heteroatoms. The van der Waals surface area contributed by atoms with Crippen LogP contribution < -0.4 is 10.0 Å². The van der Waals surface area contributed by atoms with Crippen molar-refractivity contribution in [3.63, 3.8) is 0 Å². The van der Waals surface area contributed by atoms with Crippen molar-refractivity contribution >= 4 is 27.6 Å². The molecule has 0 saturated heterocycles. The van der Waals surface area contributed by atoms with Crippen LogP contribution in [0.25, 0.3) is 0 Å². The Morgan fingerprint density at radius 1 is 0.903 bits per heavy atom. The lowest BCUT2D eigenvalue weighted by molar-refractivity contribution is 0.0600. The summed E-state index contributed by atoms with van der Waals surface area (Å²) in [6.07, 6.45) is 0. The summed E-state index contributed by atoms with van der Waals surface area (Å²) in [4.78, 5) is 24.4. The van der Waals surface area contributed by atoms with Crippen LogP contribution in [0.4, 0.5) is 5.69 Å². The number of carbonyl (C=O) groups excluding carboxylic acids is 2.